The lowest BCUT2D eigenvalue weighted by Gasteiger charge is -2.36. The minimum atomic E-state index is -4.06. The molecular weight excluding hydrogens is 544 g/mol. The Morgan fingerprint density at radius 3 is 2.38 bits per heavy atom. The highest BCUT2D eigenvalue weighted by atomic mass is 32.2. The number of ether oxygens (including phenoxy) is 2. The van der Waals surface area contributed by atoms with Crippen molar-refractivity contribution in [1.82, 2.24) is 9.47 Å². The van der Waals surface area contributed by atoms with Crippen LogP contribution in [0.4, 0.5) is 5.69 Å². The fourth-order valence-corrected chi connectivity index (χ4v) is 6.44. The number of sulfone groups is 1. The van der Waals surface area contributed by atoms with Gasteiger partial charge in [-0.25, -0.2) is 8.42 Å². The van der Waals surface area contributed by atoms with Gasteiger partial charge in [-0.2, -0.15) is 4.99 Å². The second-order valence-corrected chi connectivity index (χ2v) is 11.9. The van der Waals surface area contributed by atoms with E-state index in [2.05, 4.69) is 9.89 Å². The van der Waals surface area contributed by atoms with Crippen molar-refractivity contribution in [2.45, 2.75) is 13.5 Å². The van der Waals surface area contributed by atoms with Gasteiger partial charge in [0.05, 0.1) is 23.9 Å². The highest BCUT2D eigenvalue weighted by Gasteiger charge is 2.27. The monoisotopic (exact) mass is 574 g/mol. The summed E-state index contributed by atoms with van der Waals surface area (Å²) in [6, 6.07) is 14.9. The van der Waals surface area contributed by atoms with Crippen molar-refractivity contribution >= 4 is 54.9 Å². The zero-order valence-corrected chi connectivity index (χ0v) is 23.4. The first-order valence-electron chi connectivity index (χ1n) is 12.4. The molecule has 0 radical (unpaired) electrons. The third kappa shape index (κ3) is 7.24. The first-order valence-corrected chi connectivity index (χ1v) is 15.0. The number of nitrogens with zero attached hydrogens (tertiary/aromatic N) is 4. The van der Waals surface area contributed by atoms with Crippen molar-refractivity contribution < 1.29 is 32.3 Å². The van der Waals surface area contributed by atoms with Crippen LogP contribution in [0.15, 0.2) is 53.5 Å². The van der Waals surface area contributed by atoms with Gasteiger partial charge in [0.25, 0.3) is 5.91 Å². The number of hydrogen-bond donors (Lipinski definition) is 0. The van der Waals surface area contributed by atoms with Gasteiger partial charge in [-0.15, -0.1) is 0 Å². The van der Waals surface area contributed by atoms with Crippen molar-refractivity contribution in [3.8, 4) is 5.75 Å². The van der Waals surface area contributed by atoms with E-state index in [-0.39, 0.29) is 18.0 Å². The zero-order chi connectivity index (χ0) is 28.0. The average Bonchev–Trinajstić information content (AvgIpc) is 3.24. The molecule has 1 fully saturated rings. The van der Waals surface area contributed by atoms with Crippen LogP contribution in [0, 0.1) is 0 Å². The fraction of sp³-hybridized carbons (Fsp3) is 0.385. The van der Waals surface area contributed by atoms with Crippen LogP contribution in [0.25, 0.3) is 10.2 Å². The second-order valence-electron chi connectivity index (χ2n) is 8.85. The molecule has 39 heavy (non-hydrogen) atoms. The van der Waals surface area contributed by atoms with Crippen LogP contribution in [-0.4, -0.2) is 87.1 Å². The van der Waals surface area contributed by atoms with Crippen LogP contribution in [0.3, 0.4) is 0 Å². The summed E-state index contributed by atoms with van der Waals surface area (Å²) >= 11 is 1.12. The van der Waals surface area contributed by atoms with Crippen molar-refractivity contribution in [3.05, 3.63) is 53.3 Å². The van der Waals surface area contributed by atoms with Crippen LogP contribution in [-0.2, 0) is 35.5 Å². The molecule has 1 aromatic heterocycles. The van der Waals surface area contributed by atoms with Gasteiger partial charge in [-0.05, 0) is 37.3 Å². The third-order valence-corrected chi connectivity index (χ3v) is 8.56. The van der Waals surface area contributed by atoms with Crippen molar-refractivity contribution in [2.24, 2.45) is 4.99 Å². The van der Waals surface area contributed by atoms with Gasteiger partial charge < -0.3 is 23.8 Å². The molecule has 2 aromatic carbocycles. The van der Waals surface area contributed by atoms with Gasteiger partial charge in [0.1, 0.15) is 23.8 Å². The number of esters is 1. The number of methoxy groups -OCH3 is 1. The predicted octanol–water partition coefficient (Wildman–Crippen LogP) is 1.47. The highest BCUT2D eigenvalue weighted by molar-refractivity contribution is 7.92. The van der Waals surface area contributed by atoms with E-state index >= 15 is 0 Å². The predicted molar refractivity (Wildman–Crippen MR) is 147 cm³/mol. The molecule has 1 aliphatic heterocycles. The lowest BCUT2D eigenvalue weighted by atomic mass is 10.2. The molecule has 0 N–H and O–H groups in total. The van der Waals surface area contributed by atoms with E-state index in [1.54, 1.807) is 25.1 Å². The number of aromatic nitrogens is 1. The molecule has 2 heterocycles. The van der Waals surface area contributed by atoms with Crippen LogP contribution in [0.1, 0.15) is 6.92 Å². The number of piperazine rings is 1. The number of thiazole rings is 1. The van der Waals surface area contributed by atoms with E-state index < -0.39 is 39.1 Å². The molecule has 4 rings (SSSR count). The van der Waals surface area contributed by atoms with Gasteiger partial charge in [0.2, 0.25) is 5.91 Å². The topological polar surface area (TPSA) is 128 Å². The first kappa shape index (κ1) is 28.3. The van der Waals surface area contributed by atoms with Gasteiger partial charge >= 0.3 is 5.97 Å². The van der Waals surface area contributed by atoms with E-state index in [9.17, 15) is 22.8 Å². The molecule has 0 spiro atoms. The van der Waals surface area contributed by atoms with E-state index in [4.69, 9.17) is 9.47 Å². The second kappa shape index (κ2) is 12.4. The minimum Gasteiger partial charge on any atom is -0.497 e. The fourth-order valence-electron chi connectivity index (χ4n) is 4.26. The molecule has 11 nitrogen and oxygen atoms in total. The summed E-state index contributed by atoms with van der Waals surface area (Å²) in [7, 11) is -2.55. The lowest BCUT2D eigenvalue weighted by Crippen LogP contribution is -2.50. The molecular formula is C26H30N4O7S2. The number of carbonyl (C=O) groups is 3. The maximum absolute atomic E-state index is 12.7. The Hall–Kier alpha value is -3.71. The quantitative estimate of drug-likeness (QED) is 0.352. The van der Waals surface area contributed by atoms with Gasteiger partial charge in [0, 0.05) is 31.9 Å². The molecule has 0 saturated carbocycles. The molecule has 3 aromatic rings. The number of benzene rings is 2. The van der Waals surface area contributed by atoms with Crippen molar-refractivity contribution in [2.75, 3.05) is 56.3 Å². The van der Waals surface area contributed by atoms with E-state index in [0.717, 1.165) is 17.0 Å². The normalized spacial score (nSPS) is 14.5. The minimum absolute atomic E-state index is 0.148. The maximum atomic E-state index is 12.7. The summed E-state index contributed by atoms with van der Waals surface area (Å²) < 4.78 is 38.0. The number of amides is 2. The van der Waals surface area contributed by atoms with Crippen LogP contribution in [0.2, 0.25) is 0 Å². The average molecular weight is 575 g/mol. The molecule has 2 amide bonds. The van der Waals surface area contributed by atoms with Crippen molar-refractivity contribution in [1.29, 1.82) is 0 Å². The Kier molecular flexibility index (Phi) is 9.02. The molecule has 0 unspecified atom stereocenters. The first-order chi connectivity index (χ1) is 18.7. The summed E-state index contributed by atoms with van der Waals surface area (Å²) in [5.74, 6) is -3.09. The highest BCUT2D eigenvalue weighted by Crippen LogP contribution is 2.23. The van der Waals surface area contributed by atoms with E-state index in [1.165, 1.54) is 16.6 Å². The Labute approximate surface area is 230 Å². The van der Waals surface area contributed by atoms with Crippen LogP contribution >= 0.6 is 11.3 Å². The summed E-state index contributed by atoms with van der Waals surface area (Å²) in [5, 5.41) is 0. The van der Waals surface area contributed by atoms with Crippen molar-refractivity contribution in [3.63, 3.8) is 0 Å². The molecule has 1 saturated heterocycles. The summed E-state index contributed by atoms with van der Waals surface area (Å²) in [6.07, 6.45) is 0. The van der Waals surface area contributed by atoms with E-state index in [0.29, 0.717) is 42.1 Å². The van der Waals surface area contributed by atoms with Gasteiger partial charge in [-0.1, -0.05) is 29.5 Å². The van der Waals surface area contributed by atoms with Crippen LogP contribution in [0.5, 0.6) is 5.75 Å². The largest absolute Gasteiger partial charge is 0.497 e. The number of para-hydroxylation sites is 1. The number of fused-ring (bicyclic) bond motifs is 1. The summed E-state index contributed by atoms with van der Waals surface area (Å²) in [4.78, 5) is 45.4. The summed E-state index contributed by atoms with van der Waals surface area (Å²) in [6.45, 7) is 3.62. The zero-order valence-electron chi connectivity index (χ0n) is 21.7. The Morgan fingerprint density at radius 1 is 1.00 bits per heavy atom. The Bertz CT molecular complexity index is 1520. The third-order valence-electron chi connectivity index (χ3n) is 6.14. The standard InChI is InChI=1S/C26H30N4O7S2/c1-3-37-25(33)16-30-21-10-9-20(36-2)15-22(21)38-26(30)27-23(31)17-39(34,35)18-24(32)29-13-11-28(12-14-29)19-7-5-4-6-8-19/h4-10,15H,3,11-14,16-18H2,1-2H3. The molecule has 13 heteroatoms. The molecule has 208 valence electrons. The maximum Gasteiger partial charge on any atom is 0.326 e. The smallest absolute Gasteiger partial charge is 0.326 e. The summed E-state index contributed by atoms with van der Waals surface area (Å²) in [5.41, 5.74) is 1.66. The molecule has 0 aliphatic carbocycles. The SMILES string of the molecule is CCOC(=O)Cn1c(=NC(=O)CS(=O)(=O)CC(=O)N2CCN(c3ccccc3)CC2)sc2cc(OC)ccc21. The molecule has 0 atom stereocenters. The van der Waals surface area contributed by atoms with E-state index in [1.807, 2.05) is 30.3 Å². The molecule has 1 aliphatic rings. The number of hydrogen-bond acceptors (Lipinski definition) is 9. The Balaban J connectivity index is 1.45. The van der Waals surface area contributed by atoms with Gasteiger partial charge in [0.15, 0.2) is 14.6 Å². The van der Waals surface area contributed by atoms with Gasteiger partial charge in [-0.3, -0.25) is 14.4 Å². The van der Waals surface area contributed by atoms with Crippen LogP contribution < -0.4 is 14.4 Å². The number of rotatable bonds is 9. The Morgan fingerprint density at radius 2 is 1.72 bits per heavy atom. The number of carbonyl (C=O) groups excluding carboxylic acids is 3. The lowest BCUT2D eigenvalue weighted by molar-refractivity contribution is -0.143. The number of anilines is 1. The molecule has 0 bridgehead atoms.